The van der Waals surface area contributed by atoms with Crippen LogP contribution in [0.25, 0.3) is 4.85 Å². The number of hydrogen-bond acceptors (Lipinski definition) is 4. The number of H-pyrrole nitrogens is 1. The zero-order valence-corrected chi connectivity index (χ0v) is 20.8. The molecule has 0 saturated carbocycles. The van der Waals surface area contributed by atoms with Gasteiger partial charge in [-0.25, -0.2) is 18.2 Å². The molecular formula is C28H27N5O2S. The van der Waals surface area contributed by atoms with Crippen molar-refractivity contribution in [2.75, 3.05) is 11.4 Å². The Morgan fingerprint density at radius 1 is 1.11 bits per heavy atom. The Hall–Kier alpha value is -3.93. The van der Waals surface area contributed by atoms with Crippen LogP contribution in [0.3, 0.4) is 0 Å². The van der Waals surface area contributed by atoms with E-state index in [9.17, 15) is 8.42 Å². The molecule has 1 aliphatic heterocycles. The molecule has 2 heterocycles. The summed E-state index contributed by atoms with van der Waals surface area (Å²) in [6.45, 7) is 10.8. The van der Waals surface area contributed by atoms with E-state index in [1.54, 1.807) is 41.1 Å². The smallest absolute Gasteiger partial charge is 0.243 e. The third-order valence-electron chi connectivity index (χ3n) is 6.51. The Labute approximate surface area is 211 Å². The van der Waals surface area contributed by atoms with Gasteiger partial charge in [0.15, 0.2) is 5.69 Å². The normalized spacial score (nSPS) is 15.5. The second-order valence-electron chi connectivity index (χ2n) is 9.09. The molecule has 0 saturated heterocycles. The maximum Gasteiger partial charge on any atom is 0.243 e. The van der Waals surface area contributed by atoms with Gasteiger partial charge in [-0.1, -0.05) is 60.2 Å². The van der Waals surface area contributed by atoms with Gasteiger partial charge in [0.1, 0.15) is 0 Å². The molecule has 1 N–H and O–H groups in total. The number of fused-ring (bicyclic) bond motifs is 1. The van der Waals surface area contributed by atoms with Crippen LogP contribution in [-0.2, 0) is 29.5 Å². The number of rotatable bonds is 7. The number of imidazole rings is 1. The number of aryl methyl sites for hydroxylation is 1. The van der Waals surface area contributed by atoms with E-state index in [1.807, 2.05) is 55.5 Å². The molecule has 182 valence electrons. The summed E-state index contributed by atoms with van der Waals surface area (Å²) < 4.78 is 29.7. The quantitative estimate of drug-likeness (QED) is 0.361. The molecule has 0 amide bonds. The number of benzene rings is 3. The average Bonchev–Trinajstić information content (AvgIpc) is 3.40. The molecule has 7 nitrogen and oxygen atoms in total. The molecule has 0 radical (unpaired) electrons. The Morgan fingerprint density at radius 2 is 1.94 bits per heavy atom. The lowest BCUT2D eigenvalue weighted by atomic mass is 9.96. The summed E-state index contributed by atoms with van der Waals surface area (Å²) in [7, 11) is -3.79. The number of anilines is 1. The summed E-state index contributed by atoms with van der Waals surface area (Å²) in [6, 6.07) is 21.9. The first-order valence-electron chi connectivity index (χ1n) is 11.8. The largest absolute Gasteiger partial charge is 0.364 e. The Morgan fingerprint density at radius 3 is 2.67 bits per heavy atom. The molecule has 1 unspecified atom stereocenters. The van der Waals surface area contributed by atoms with Crippen LogP contribution in [0.1, 0.15) is 22.4 Å². The first kappa shape index (κ1) is 23.8. The van der Waals surface area contributed by atoms with Gasteiger partial charge in [0.25, 0.3) is 0 Å². The molecule has 36 heavy (non-hydrogen) atoms. The van der Waals surface area contributed by atoms with E-state index in [0.29, 0.717) is 25.2 Å². The first-order chi connectivity index (χ1) is 17.4. The lowest BCUT2D eigenvalue weighted by Crippen LogP contribution is -2.50. The van der Waals surface area contributed by atoms with E-state index in [4.69, 9.17) is 6.57 Å². The van der Waals surface area contributed by atoms with Gasteiger partial charge in [-0.05, 0) is 42.7 Å². The highest BCUT2D eigenvalue weighted by molar-refractivity contribution is 7.89. The van der Waals surface area contributed by atoms with Gasteiger partial charge in [0.05, 0.1) is 30.0 Å². The highest BCUT2D eigenvalue weighted by Gasteiger charge is 2.36. The van der Waals surface area contributed by atoms with Gasteiger partial charge in [-0.15, -0.1) is 0 Å². The van der Waals surface area contributed by atoms with Crippen LogP contribution >= 0.6 is 0 Å². The summed E-state index contributed by atoms with van der Waals surface area (Å²) in [5.74, 6) is 0. The predicted octanol–water partition coefficient (Wildman–Crippen LogP) is 5.09. The monoisotopic (exact) mass is 497 g/mol. The first-order valence-corrected chi connectivity index (χ1v) is 13.2. The van der Waals surface area contributed by atoms with Gasteiger partial charge in [-0.2, -0.15) is 4.31 Å². The standard InChI is InChI=1S/C28H27N5O2S/c1-21-7-6-8-22(13-21)17-33(36(34,35)27-9-4-3-5-10-27)26-15-23-14-24(29-2)11-12-28(23)32(19-26)18-25-16-30-20-31-25/h3-14,16,20,26H,15,17-19H2,1H3,(H,30,31). The number of nitrogens with one attached hydrogen (secondary N) is 1. The minimum absolute atomic E-state index is 0.263. The van der Waals surface area contributed by atoms with Crippen LogP contribution in [0.5, 0.6) is 0 Å². The van der Waals surface area contributed by atoms with E-state index in [-0.39, 0.29) is 17.5 Å². The second-order valence-corrected chi connectivity index (χ2v) is 11.0. The molecule has 1 aromatic heterocycles. The van der Waals surface area contributed by atoms with E-state index < -0.39 is 10.0 Å². The molecule has 4 aromatic rings. The fraction of sp³-hybridized carbons (Fsp3) is 0.214. The topological polar surface area (TPSA) is 73.7 Å². The Kier molecular flexibility index (Phi) is 6.59. The summed E-state index contributed by atoms with van der Waals surface area (Å²) >= 11 is 0. The van der Waals surface area contributed by atoms with Crippen molar-refractivity contribution in [3.8, 4) is 0 Å². The van der Waals surface area contributed by atoms with E-state index in [0.717, 1.165) is 28.1 Å². The molecular weight excluding hydrogens is 470 g/mol. The third-order valence-corrected chi connectivity index (χ3v) is 8.43. The third kappa shape index (κ3) is 4.89. The van der Waals surface area contributed by atoms with E-state index >= 15 is 0 Å². The molecule has 0 spiro atoms. The zero-order chi connectivity index (χ0) is 25.1. The molecule has 3 aromatic carbocycles. The van der Waals surface area contributed by atoms with Gasteiger partial charge >= 0.3 is 0 Å². The van der Waals surface area contributed by atoms with Crippen LogP contribution < -0.4 is 4.90 Å². The number of aromatic nitrogens is 2. The molecule has 8 heteroatoms. The second kappa shape index (κ2) is 9.97. The molecule has 1 aliphatic rings. The number of hydrogen-bond donors (Lipinski definition) is 1. The molecule has 0 aliphatic carbocycles. The number of sulfonamides is 1. The van der Waals surface area contributed by atoms with Crippen molar-refractivity contribution in [3.05, 3.63) is 119 Å². The Balaban J connectivity index is 1.58. The zero-order valence-electron chi connectivity index (χ0n) is 20.0. The summed E-state index contributed by atoms with van der Waals surface area (Å²) in [5, 5.41) is 0. The summed E-state index contributed by atoms with van der Waals surface area (Å²) in [5.41, 5.74) is 5.49. The number of aromatic amines is 1. The molecule has 1 atom stereocenters. The lowest BCUT2D eigenvalue weighted by Gasteiger charge is -2.41. The lowest BCUT2D eigenvalue weighted by molar-refractivity contribution is 0.302. The maximum absolute atomic E-state index is 14.0. The maximum atomic E-state index is 14.0. The highest BCUT2D eigenvalue weighted by Crippen LogP contribution is 2.35. The molecule has 0 fully saturated rings. The van der Waals surface area contributed by atoms with Crippen molar-refractivity contribution in [2.45, 2.75) is 37.4 Å². The van der Waals surface area contributed by atoms with E-state index in [2.05, 4.69) is 19.7 Å². The summed E-state index contributed by atoms with van der Waals surface area (Å²) in [4.78, 5) is 13.3. The van der Waals surface area contributed by atoms with Crippen LogP contribution in [0.15, 0.2) is 90.2 Å². The SMILES string of the molecule is [C-]#[N+]c1ccc2c(c1)CC(N(Cc1cccc(C)c1)S(=O)(=O)c1ccccc1)CN2Cc1cnc[nH]1. The highest BCUT2D eigenvalue weighted by atomic mass is 32.2. The van der Waals surface area contributed by atoms with Crippen molar-refractivity contribution >= 4 is 21.4 Å². The Bertz CT molecular complexity index is 1490. The van der Waals surface area contributed by atoms with Crippen LogP contribution in [-0.4, -0.2) is 35.3 Å². The van der Waals surface area contributed by atoms with Gasteiger partial charge in [0, 0.05) is 31.0 Å². The van der Waals surface area contributed by atoms with Crippen LogP contribution in [0, 0.1) is 13.5 Å². The minimum Gasteiger partial charge on any atom is -0.364 e. The van der Waals surface area contributed by atoms with Crippen molar-refractivity contribution in [3.63, 3.8) is 0 Å². The van der Waals surface area contributed by atoms with Crippen molar-refractivity contribution in [1.29, 1.82) is 0 Å². The summed E-state index contributed by atoms with van der Waals surface area (Å²) in [6.07, 6.45) is 3.95. The predicted molar refractivity (Wildman–Crippen MR) is 140 cm³/mol. The minimum atomic E-state index is -3.79. The van der Waals surface area contributed by atoms with Crippen molar-refractivity contribution < 1.29 is 8.42 Å². The number of nitrogens with zero attached hydrogens (tertiary/aromatic N) is 4. The van der Waals surface area contributed by atoms with Gasteiger partial charge in [-0.3, -0.25) is 0 Å². The molecule has 0 bridgehead atoms. The van der Waals surface area contributed by atoms with Crippen LogP contribution in [0.4, 0.5) is 11.4 Å². The van der Waals surface area contributed by atoms with E-state index in [1.165, 1.54) is 0 Å². The van der Waals surface area contributed by atoms with Crippen molar-refractivity contribution in [1.82, 2.24) is 14.3 Å². The van der Waals surface area contributed by atoms with Gasteiger partial charge < -0.3 is 9.88 Å². The van der Waals surface area contributed by atoms with Gasteiger partial charge in [0.2, 0.25) is 10.0 Å². The van der Waals surface area contributed by atoms with Crippen LogP contribution in [0.2, 0.25) is 0 Å². The molecule has 5 rings (SSSR count). The fourth-order valence-electron chi connectivity index (χ4n) is 4.83. The van der Waals surface area contributed by atoms with Crippen molar-refractivity contribution in [2.24, 2.45) is 0 Å². The average molecular weight is 498 g/mol. The fourth-order valence-corrected chi connectivity index (χ4v) is 6.46.